The molecule has 0 saturated heterocycles. The predicted molar refractivity (Wildman–Crippen MR) is 95.3 cm³/mol. The first-order valence-corrected chi connectivity index (χ1v) is 7.91. The minimum absolute atomic E-state index is 0.306. The third-order valence-electron chi connectivity index (χ3n) is 3.46. The zero-order chi connectivity index (χ0) is 17.5. The van der Waals surface area contributed by atoms with Gasteiger partial charge in [0.2, 0.25) is 5.88 Å². The molecule has 0 aliphatic heterocycles. The van der Waals surface area contributed by atoms with E-state index < -0.39 is 0 Å². The van der Waals surface area contributed by atoms with E-state index in [4.69, 9.17) is 9.26 Å². The molecule has 0 bridgehead atoms. The molecule has 0 atom stereocenters. The Morgan fingerprint density at radius 1 is 1.00 bits per heavy atom. The summed E-state index contributed by atoms with van der Waals surface area (Å²) in [6, 6.07) is 18.8. The summed E-state index contributed by atoms with van der Waals surface area (Å²) in [6.45, 7) is 2.86. The van der Waals surface area contributed by atoms with Crippen molar-refractivity contribution in [3.63, 3.8) is 0 Å². The van der Waals surface area contributed by atoms with Crippen molar-refractivity contribution in [1.82, 2.24) is 5.16 Å². The van der Waals surface area contributed by atoms with E-state index >= 15 is 0 Å². The number of anilines is 2. The molecule has 0 spiro atoms. The molecule has 6 nitrogen and oxygen atoms in total. The van der Waals surface area contributed by atoms with Crippen molar-refractivity contribution in [1.29, 1.82) is 0 Å². The first-order chi connectivity index (χ1) is 12.2. The van der Waals surface area contributed by atoms with Gasteiger partial charge in [0.25, 0.3) is 0 Å². The van der Waals surface area contributed by atoms with Gasteiger partial charge in [0, 0.05) is 11.8 Å². The summed E-state index contributed by atoms with van der Waals surface area (Å²) in [5.74, 6) is 0.306. The van der Waals surface area contributed by atoms with Crippen LogP contribution in [0.1, 0.15) is 16.8 Å². The fraction of sp³-hybridized carbons (Fsp3) is 0.158. The van der Waals surface area contributed by atoms with Gasteiger partial charge < -0.3 is 14.6 Å². The average molecular weight is 337 g/mol. The van der Waals surface area contributed by atoms with Crippen molar-refractivity contribution >= 4 is 17.6 Å². The van der Waals surface area contributed by atoms with Crippen LogP contribution >= 0.6 is 0 Å². The molecule has 1 aromatic heterocycles. The molecular formula is C19H19N3O3. The number of urea groups is 1. The summed E-state index contributed by atoms with van der Waals surface area (Å²) in [5.41, 5.74) is 3.56. The minimum atomic E-state index is -0.385. The van der Waals surface area contributed by atoms with Crippen molar-refractivity contribution in [2.45, 2.75) is 20.1 Å². The molecule has 1 heterocycles. The Hall–Kier alpha value is -3.12. The number of aromatic nitrogens is 1. The molecule has 0 aliphatic rings. The molecule has 0 saturated carbocycles. The Labute approximate surface area is 145 Å². The maximum atomic E-state index is 11.9. The minimum Gasteiger partial charge on any atom is -0.372 e. The van der Waals surface area contributed by atoms with Crippen LogP contribution in [0.2, 0.25) is 0 Å². The highest BCUT2D eigenvalue weighted by Gasteiger charge is 2.06. The maximum absolute atomic E-state index is 11.9. The lowest BCUT2D eigenvalue weighted by molar-refractivity contribution is 0.107. The van der Waals surface area contributed by atoms with E-state index in [9.17, 15) is 4.79 Å². The van der Waals surface area contributed by atoms with Crippen molar-refractivity contribution in [2.75, 3.05) is 10.6 Å². The number of aryl methyl sites for hydroxylation is 1. The molecular weight excluding hydrogens is 318 g/mol. The molecule has 2 aromatic carbocycles. The number of ether oxygens (including phenoxy) is 1. The summed E-state index contributed by atoms with van der Waals surface area (Å²) in [7, 11) is 0. The molecule has 6 heteroatoms. The van der Waals surface area contributed by atoms with Crippen molar-refractivity contribution in [3.8, 4) is 0 Å². The number of nitrogens with zero attached hydrogens (tertiary/aromatic N) is 1. The van der Waals surface area contributed by atoms with Crippen molar-refractivity contribution in [2.24, 2.45) is 0 Å². The van der Waals surface area contributed by atoms with Crippen LogP contribution in [0, 0.1) is 6.92 Å². The normalized spacial score (nSPS) is 10.4. The van der Waals surface area contributed by atoms with E-state index in [0.717, 1.165) is 11.1 Å². The summed E-state index contributed by atoms with van der Waals surface area (Å²) >= 11 is 0. The summed E-state index contributed by atoms with van der Waals surface area (Å²) < 4.78 is 10.6. The van der Waals surface area contributed by atoms with Crippen LogP contribution in [-0.4, -0.2) is 11.2 Å². The predicted octanol–water partition coefficient (Wildman–Crippen LogP) is 4.34. The molecule has 0 fully saturated rings. The van der Waals surface area contributed by atoms with E-state index in [-0.39, 0.29) is 6.03 Å². The van der Waals surface area contributed by atoms with Crippen LogP contribution in [0.25, 0.3) is 0 Å². The Morgan fingerprint density at radius 3 is 2.32 bits per heavy atom. The highest BCUT2D eigenvalue weighted by Crippen LogP contribution is 2.13. The monoisotopic (exact) mass is 337 g/mol. The van der Waals surface area contributed by atoms with Crippen LogP contribution in [0.4, 0.5) is 16.4 Å². The van der Waals surface area contributed by atoms with Crippen LogP contribution in [0.15, 0.2) is 65.2 Å². The standard InChI is InChI=1S/C19H19N3O3/c1-14-11-18(25-22-14)21-19(23)20-17-9-7-16(8-10-17)13-24-12-15-5-3-2-4-6-15/h2-11H,12-13H2,1H3,(H2,20,21,23). The van der Waals surface area contributed by atoms with Gasteiger partial charge in [0.1, 0.15) is 0 Å². The van der Waals surface area contributed by atoms with Gasteiger partial charge >= 0.3 is 6.03 Å². The first kappa shape index (κ1) is 16.7. The smallest absolute Gasteiger partial charge is 0.326 e. The quantitative estimate of drug-likeness (QED) is 0.701. The molecule has 128 valence electrons. The molecule has 3 aromatic rings. The summed E-state index contributed by atoms with van der Waals surface area (Å²) in [6.07, 6.45) is 0. The van der Waals surface area contributed by atoms with Gasteiger partial charge in [-0.15, -0.1) is 0 Å². The Balaban J connectivity index is 1.46. The third-order valence-corrected chi connectivity index (χ3v) is 3.46. The van der Waals surface area contributed by atoms with Gasteiger partial charge in [0.05, 0.1) is 18.9 Å². The van der Waals surface area contributed by atoms with Gasteiger partial charge in [-0.2, -0.15) is 0 Å². The Bertz CT molecular complexity index is 813. The molecule has 2 amide bonds. The number of carbonyl (C=O) groups excluding carboxylic acids is 1. The third kappa shape index (κ3) is 5.19. The zero-order valence-corrected chi connectivity index (χ0v) is 13.9. The number of rotatable bonds is 6. The number of hydrogen-bond donors (Lipinski definition) is 2. The zero-order valence-electron chi connectivity index (χ0n) is 13.9. The molecule has 2 N–H and O–H groups in total. The van der Waals surface area contributed by atoms with Crippen LogP contribution < -0.4 is 10.6 Å². The van der Waals surface area contributed by atoms with Crippen LogP contribution in [0.5, 0.6) is 0 Å². The number of carbonyl (C=O) groups is 1. The van der Waals surface area contributed by atoms with E-state index in [0.29, 0.717) is 30.5 Å². The summed E-state index contributed by atoms with van der Waals surface area (Å²) in [4.78, 5) is 11.9. The Kier molecular flexibility index (Phi) is 5.43. The van der Waals surface area contributed by atoms with Crippen LogP contribution in [0.3, 0.4) is 0 Å². The van der Waals surface area contributed by atoms with E-state index in [1.807, 2.05) is 54.6 Å². The summed E-state index contributed by atoms with van der Waals surface area (Å²) in [5, 5.41) is 9.01. The molecule has 0 unspecified atom stereocenters. The molecule has 25 heavy (non-hydrogen) atoms. The fourth-order valence-electron chi connectivity index (χ4n) is 2.24. The van der Waals surface area contributed by atoms with E-state index in [1.54, 1.807) is 13.0 Å². The second-order valence-electron chi connectivity index (χ2n) is 5.59. The van der Waals surface area contributed by atoms with Gasteiger partial charge in [-0.3, -0.25) is 5.32 Å². The highest BCUT2D eigenvalue weighted by atomic mass is 16.5. The maximum Gasteiger partial charge on any atom is 0.326 e. The van der Waals surface area contributed by atoms with E-state index in [1.165, 1.54) is 0 Å². The topological polar surface area (TPSA) is 76.4 Å². The molecule has 3 rings (SSSR count). The van der Waals surface area contributed by atoms with Gasteiger partial charge in [-0.25, -0.2) is 4.79 Å². The van der Waals surface area contributed by atoms with E-state index in [2.05, 4.69) is 15.8 Å². The second-order valence-corrected chi connectivity index (χ2v) is 5.59. The van der Waals surface area contributed by atoms with Gasteiger partial charge in [-0.1, -0.05) is 47.6 Å². The van der Waals surface area contributed by atoms with Crippen molar-refractivity contribution in [3.05, 3.63) is 77.5 Å². The number of amides is 2. The largest absolute Gasteiger partial charge is 0.372 e. The number of nitrogens with one attached hydrogen (secondary N) is 2. The number of hydrogen-bond acceptors (Lipinski definition) is 4. The second kappa shape index (κ2) is 8.12. The van der Waals surface area contributed by atoms with Gasteiger partial charge in [0.15, 0.2) is 0 Å². The van der Waals surface area contributed by atoms with Crippen LogP contribution in [-0.2, 0) is 18.0 Å². The SMILES string of the molecule is Cc1cc(NC(=O)Nc2ccc(COCc3ccccc3)cc2)on1. The lowest BCUT2D eigenvalue weighted by atomic mass is 10.2. The molecule has 0 radical (unpaired) electrons. The average Bonchev–Trinajstić information content (AvgIpc) is 3.02. The lowest BCUT2D eigenvalue weighted by Gasteiger charge is -2.07. The lowest BCUT2D eigenvalue weighted by Crippen LogP contribution is -2.19. The van der Waals surface area contributed by atoms with Crippen molar-refractivity contribution < 1.29 is 14.1 Å². The highest BCUT2D eigenvalue weighted by molar-refractivity contribution is 5.98. The number of benzene rings is 2. The Morgan fingerprint density at radius 2 is 1.68 bits per heavy atom. The molecule has 0 aliphatic carbocycles. The fourth-order valence-corrected chi connectivity index (χ4v) is 2.24. The van der Waals surface area contributed by atoms with Gasteiger partial charge in [-0.05, 0) is 30.2 Å². The first-order valence-electron chi connectivity index (χ1n) is 7.91.